The molecule has 0 aliphatic carbocycles. The molecule has 11 heavy (non-hydrogen) atoms. The van der Waals surface area contributed by atoms with E-state index in [0.717, 1.165) is 16.2 Å². The maximum Gasteiger partial charge on any atom is 0.132 e. The highest BCUT2D eigenvalue weighted by molar-refractivity contribution is 7.80. The summed E-state index contributed by atoms with van der Waals surface area (Å²) >= 11 is 4.31. The summed E-state index contributed by atoms with van der Waals surface area (Å²) in [6.07, 6.45) is 0. The van der Waals surface area contributed by atoms with Crippen LogP contribution < -0.4 is 4.74 Å². The number of hydrogen-bond acceptors (Lipinski definition) is 2. The molecular weight excluding hydrogens is 156 g/mol. The molecule has 0 N–H and O–H groups in total. The van der Waals surface area contributed by atoms with E-state index < -0.39 is 0 Å². The zero-order valence-electron chi connectivity index (χ0n) is 7.01. The molecule has 0 aromatic heterocycles. The topological polar surface area (TPSA) is 9.23 Å². The molecule has 1 rings (SSSR count). The summed E-state index contributed by atoms with van der Waals surface area (Å²) in [7, 11) is 1.66. The van der Waals surface area contributed by atoms with Crippen LogP contribution in [0.5, 0.6) is 5.75 Å². The maximum atomic E-state index is 5.13. The predicted octanol–water partition coefficient (Wildman–Crippen LogP) is 2.60. The Morgan fingerprint density at radius 1 is 1.27 bits per heavy atom. The minimum absolute atomic E-state index is 0.853. The summed E-state index contributed by atoms with van der Waals surface area (Å²) in [5.74, 6) is 0.853. The van der Waals surface area contributed by atoms with E-state index in [-0.39, 0.29) is 0 Å². The second-order valence-electron chi connectivity index (χ2n) is 2.63. The third kappa shape index (κ3) is 1.69. The van der Waals surface area contributed by atoms with Crippen molar-refractivity contribution in [2.45, 2.75) is 18.7 Å². The van der Waals surface area contributed by atoms with E-state index >= 15 is 0 Å². The van der Waals surface area contributed by atoms with E-state index in [4.69, 9.17) is 4.74 Å². The molecule has 2 heteroatoms. The van der Waals surface area contributed by atoms with Crippen molar-refractivity contribution in [3.8, 4) is 5.75 Å². The van der Waals surface area contributed by atoms with Crippen LogP contribution in [0.25, 0.3) is 0 Å². The van der Waals surface area contributed by atoms with E-state index in [1.165, 1.54) is 5.56 Å². The normalized spacial score (nSPS) is 9.82. The van der Waals surface area contributed by atoms with Gasteiger partial charge in [-0.25, -0.2) is 0 Å². The molecule has 60 valence electrons. The Hall–Kier alpha value is -0.630. The van der Waals surface area contributed by atoms with Crippen molar-refractivity contribution in [2.75, 3.05) is 7.11 Å². The lowest BCUT2D eigenvalue weighted by molar-refractivity contribution is 0.404. The third-order valence-corrected chi connectivity index (χ3v) is 2.20. The van der Waals surface area contributed by atoms with Gasteiger partial charge in [-0.2, -0.15) is 0 Å². The quantitative estimate of drug-likeness (QED) is 0.634. The third-order valence-electron chi connectivity index (χ3n) is 1.63. The molecule has 0 unspecified atom stereocenters. The van der Waals surface area contributed by atoms with Crippen molar-refractivity contribution in [2.24, 2.45) is 0 Å². The maximum absolute atomic E-state index is 5.13. The Labute approximate surface area is 72.8 Å². The Bertz CT molecular complexity index is 269. The van der Waals surface area contributed by atoms with Crippen molar-refractivity contribution in [3.05, 3.63) is 23.3 Å². The number of methoxy groups -OCH3 is 1. The molecule has 0 aliphatic rings. The largest absolute Gasteiger partial charge is 0.496 e. The zero-order valence-corrected chi connectivity index (χ0v) is 7.90. The van der Waals surface area contributed by atoms with Crippen LogP contribution in [-0.4, -0.2) is 7.11 Å². The summed E-state index contributed by atoms with van der Waals surface area (Å²) in [6, 6.07) is 4.07. The van der Waals surface area contributed by atoms with Crippen LogP contribution >= 0.6 is 12.6 Å². The van der Waals surface area contributed by atoms with Crippen molar-refractivity contribution in [3.63, 3.8) is 0 Å². The zero-order chi connectivity index (χ0) is 8.43. The number of benzene rings is 1. The highest BCUT2D eigenvalue weighted by Gasteiger charge is 2.01. The molecule has 0 atom stereocenters. The molecule has 0 heterocycles. The van der Waals surface area contributed by atoms with Crippen LogP contribution in [0.4, 0.5) is 0 Å². The smallest absolute Gasteiger partial charge is 0.132 e. The highest BCUT2D eigenvalue weighted by atomic mass is 32.1. The Balaban J connectivity index is 3.24. The summed E-state index contributed by atoms with van der Waals surface area (Å²) in [6.45, 7) is 4.07. The lowest BCUT2D eigenvalue weighted by Crippen LogP contribution is -1.88. The monoisotopic (exact) mass is 168 g/mol. The van der Waals surface area contributed by atoms with Crippen LogP contribution in [0.3, 0.4) is 0 Å². The molecule has 1 aromatic rings. The SMILES string of the molecule is COc1cc(C)cc(C)c1S. The van der Waals surface area contributed by atoms with E-state index in [2.05, 4.69) is 18.7 Å². The molecular formula is C9H12OS. The first kappa shape index (κ1) is 8.47. The molecule has 1 nitrogen and oxygen atoms in total. The summed E-state index contributed by atoms with van der Waals surface area (Å²) in [5, 5.41) is 0. The fraction of sp³-hybridized carbons (Fsp3) is 0.333. The van der Waals surface area contributed by atoms with Gasteiger partial charge in [-0.3, -0.25) is 0 Å². The lowest BCUT2D eigenvalue weighted by Gasteiger charge is -2.07. The number of aryl methyl sites for hydroxylation is 2. The standard InChI is InChI=1S/C9H12OS/c1-6-4-7(2)9(11)8(5-6)10-3/h4-5,11H,1-3H3. The first-order valence-corrected chi connectivity index (χ1v) is 3.94. The van der Waals surface area contributed by atoms with Crippen LogP contribution in [0, 0.1) is 13.8 Å². The van der Waals surface area contributed by atoms with Crippen molar-refractivity contribution in [1.29, 1.82) is 0 Å². The molecule has 0 amide bonds. The second kappa shape index (κ2) is 3.18. The van der Waals surface area contributed by atoms with E-state index in [1.807, 2.05) is 19.9 Å². The van der Waals surface area contributed by atoms with Crippen LogP contribution in [0.15, 0.2) is 17.0 Å². The van der Waals surface area contributed by atoms with Crippen molar-refractivity contribution < 1.29 is 4.74 Å². The number of hydrogen-bond donors (Lipinski definition) is 1. The van der Waals surface area contributed by atoms with Crippen LogP contribution in [-0.2, 0) is 0 Å². The molecule has 1 aromatic carbocycles. The highest BCUT2D eigenvalue weighted by Crippen LogP contribution is 2.26. The number of ether oxygens (including phenoxy) is 1. The molecule has 0 saturated heterocycles. The van der Waals surface area contributed by atoms with Gasteiger partial charge in [0.2, 0.25) is 0 Å². The van der Waals surface area contributed by atoms with Gasteiger partial charge in [-0.05, 0) is 31.0 Å². The minimum atomic E-state index is 0.853. The van der Waals surface area contributed by atoms with Gasteiger partial charge in [0.05, 0.1) is 7.11 Å². The first-order valence-electron chi connectivity index (χ1n) is 3.49. The average Bonchev–Trinajstić information content (AvgIpc) is 1.96. The van der Waals surface area contributed by atoms with Gasteiger partial charge in [0, 0.05) is 4.90 Å². The molecule has 0 spiro atoms. The lowest BCUT2D eigenvalue weighted by atomic mass is 10.1. The van der Waals surface area contributed by atoms with Crippen molar-refractivity contribution >= 4 is 12.6 Å². The minimum Gasteiger partial charge on any atom is -0.496 e. The molecule has 0 fully saturated rings. The van der Waals surface area contributed by atoms with Crippen LogP contribution in [0.1, 0.15) is 11.1 Å². The fourth-order valence-corrected chi connectivity index (χ4v) is 1.30. The Morgan fingerprint density at radius 3 is 2.45 bits per heavy atom. The van der Waals surface area contributed by atoms with Gasteiger partial charge < -0.3 is 4.74 Å². The second-order valence-corrected chi connectivity index (χ2v) is 3.08. The number of thiol groups is 1. The fourth-order valence-electron chi connectivity index (χ4n) is 1.08. The summed E-state index contributed by atoms with van der Waals surface area (Å²) < 4.78 is 5.13. The predicted molar refractivity (Wildman–Crippen MR) is 49.7 cm³/mol. The van der Waals surface area contributed by atoms with Gasteiger partial charge in [0.1, 0.15) is 5.75 Å². The van der Waals surface area contributed by atoms with Gasteiger partial charge in [-0.1, -0.05) is 6.07 Å². The van der Waals surface area contributed by atoms with Crippen LogP contribution in [0.2, 0.25) is 0 Å². The summed E-state index contributed by atoms with van der Waals surface area (Å²) in [5.41, 5.74) is 2.36. The van der Waals surface area contributed by atoms with Gasteiger partial charge in [-0.15, -0.1) is 12.6 Å². The molecule has 0 bridgehead atoms. The Morgan fingerprint density at radius 2 is 1.91 bits per heavy atom. The van der Waals surface area contributed by atoms with Crippen molar-refractivity contribution in [1.82, 2.24) is 0 Å². The molecule has 0 radical (unpaired) electrons. The first-order chi connectivity index (χ1) is 5.15. The summed E-state index contributed by atoms with van der Waals surface area (Å²) in [4.78, 5) is 0.929. The van der Waals surface area contributed by atoms with Gasteiger partial charge >= 0.3 is 0 Å². The number of rotatable bonds is 1. The Kier molecular flexibility index (Phi) is 2.45. The van der Waals surface area contributed by atoms with E-state index in [1.54, 1.807) is 7.11 Å². The van der Waals surface area contributed by atoms with E-state index in [0.29, 0.717) is 0 Å². The average molecular weight is 168 g/mol. The van der Waals surface area contributed by atoms with Gasteiger partial charge in [0.15, 0.2) is 0 Å². The van der Waals surface area contributed by atoms with E-state index in [9.17, 15) is 0 Å². The molecule has 0 aliphatic heterocycles. The van der Waals surface area contributed by atoms with Gasteiger partial charge in [0.25, 0.3) is 0 Å². The molecule has 0 saturated carbocycles.